The minimum atomic E-state index is -2.32. The molecule has 0 saturated carbocycles. The second-order valence-electron chi connectivity index (χ2n) is 9.47. The van der Waals surface area contributed by atoms with Crippen LogP contribution in [-0.4, -0.2) is 60.8 Å². The van der Waals surface area contributed by atoms with E-state index in [9.17, 15) is 0 Å². The van der Waals surface area contributed by atoms with Gasteiger partial charge in [-0.3, -0.25) is 0 Å². The topological polar surface area (TPSA) is 24.7 Å². The molecule has 2 aromatic carbocycles. The number of allylic oxidation sites excluding steroid dienone is 5. The van der Waals surface area contributed by atoms with Crippen molar-refractivity contribution in [1.29, 1.82) is 0 Å². The van der Waals surface area contributed by atoms with Gasteiger partial charge in [0.15, 0.2) is 0 Å². The molecule has 178 valence electrons. The van der Waals surface area contributed by atoms with Crippen LogP contribution in [0.4, 0.5) is 5.69 Å². The Balaban J connectivity index is 2.25. The van der Waals surface area contributed by atoms with Gasteiger partial charge in [0, 0.05) is 25.7 Å². The van der Waals surface area contributed by atoms with E-state index in [1.165, 1.54) is 10.4 Å². The standard InChI is InChI=1S/C27H31Cl2N2O2Si/c1-30(2)18-14-12-16-22(23-20(32-5)10-9-11-21(23)33-6)17-13-15-19(31(3)4)25(29)27(17)34(7,8)26(16)24(18)28/h9-15H,1-8H3/q+1. The maximum atomic E-state index is 7.19. The Hall–Kier alpha value is -2.47. The molecule has 0 radical (unpaired) electrons. The number of hydrogen-bond acceptors (Lipinski definition) is 3. The van der Waals surface area contributed by atoms with Crippen molar-refractivity contribution >= 4 is 53.4 Å². The smallest absolute Gasteiger partial charge is 0.218 e. The van der Waals surface area contributed by atoms with Gasteiger partial charge >= 0.3 is 0 Å². The number of ether oxygens (including phenoxy) is 2. The van der Waals surface area contributed by atoms with Gasteiger partial charge in [0.25, 0.3) is 0 Å². The van der Waals surface area contributed by atoms with Gasteiger partial charge < -0.3 is 14.4 Å². The maximum absolute atomic E-state index is 7.19. The highest BCUT2D eigenvalue weighted by Gasteiger charge is 2.45. The van der Waals surface area contributed by atoms with E-state index in [0.29, 0.717) is 0 Å². The Morgan fingerprint density at radius 1 is 0.912 bits per heavy atom. The van der Waals surface area contributed by atoms with Gasteiger partial charge in [-0.15, -0.1) is 0 Å². The van der Waals surface area contributed by atoms with Crippen molar-refractivity contribution in [3.05, 3.63) is 74.4 Å². The van der Waals surface area contributed by atoms with Crippen LogP contribution in [0.3, 0.4) is 0 Å². The Bertz CT molecular complexity index is 1290. The highest BCUT2D eigenvalue weighted by molar-refractivity contribution is 6.99. The van der Waals surface area contributed by atoms with Gasteiger partial charge in [0.05, 0.1) is 30.5 Å². The van der Waals surface area contributed by atoms with Crippen molar-refractivity contribution in [1.82, 2.24) is 0 Å². The summed E-state index contributed by atoms with van der Waals surface area (Å²) < 4.78 is 13.7. The zero-order valence-corrected chi connectivity index (χ0v) is 23.5. The highest BCUT2D eigenvalue weighted by Crippen LogP contribution is 2.49. The quantitative estimate of drug-likeness (QED) is 0.400. The molecule has 2 aliphatic rings. The second-order valence-corrected chi connectivity index (χ2v) is 14.5. The summed E-state index contributed by atoms with van der Waals surface area (Å²) in [6.07, 6.45) is 4.28. The zero-order valence-electron chi connectivity index (χ0n) is 21.0. The molecule has 1 aliphatic carbocycles. The van der Waals surface area contributed by atoms with Crippen LogP contribution in [0, 0.1) is 0 Å². The molecule has 7 heteroatoms. The van der Waals surface area contributed by atoms with E-state index in [2.05, 4.69) is 46.9 Å². The fourth-order valence-corrected chi connectivity index (χ4v) is 10.5. The summed E-state index contributed by atoms with van der Waals surface area (Å²) in [6, 6.07) is 10.1. The fourth-order valence-electron chi connectivity index (χ4n) is 5.10. The maximum Gasteiger partial charge on any atom is 0.218 e. The zero-order chi connectivity index (χ0) is 24.9. The molecule has 0 spiro atoms. The molecule has 0 saturated heterocycles. The second kappa shape index (κ2) is 8.95. The molecule has 34 heavy (non-hydrogen) atoms. The minimum Gasteiger partial charge on any atom is -0.496 e. The minimum absolute atomic E-state index is 0.744. The number of hydrogen-bond donors (Lipinski definition) is 0. The first kappa shape index (κ1) is 24.6. The summed E-state index contributed by atoms with van der Waals surface area (Å²) in [5, 5.41) is 3.91. The monoisotopic (exact) mass is 513 g/mol. The van der Waals surface area contributed by atoms with Crippen molar-refractivity contribution in [2.24, 2.45) is 0 Å². The number of nitrogens with zero attached hydrogens (tertiary/aromatic N) is 2. The number of anilines is 1. The van der Waals surface area contributed by atoms with Crippen molar-refractivity contribution in [3.8, 4) is 11.5 Å². The van der Waals surface area contributed by atoms with Crippen LogP contribution < -0.4 is 19.6 Å². The molecular formula is C27H31Cl2N2O2Si+. The van der Waals surface area contributed by atoms with E-state index >= 15 is 0 Å². The van der Waals surface area contributed by atoms with Crippen LogP contribution in [0.15, 0.2) is 58.3 Å². The predicted octanol–water partition coefficient (Wildman–Crippen LogP) is 5.47. The molecule has 0 aromatic heterocycles. The van der Waals surface area contributed by atoms with E-state index in [4.69, 9.17) is 32.7 Å². The van der Waals surface area contributed by atoms with Gasteiger partial charge in [-0.1, -0.05) is 48.4 Å². The van der Waals surface area contributed by atoms with Gasteiger partial charge in [-0.2, -0.15) is 0 Å². The first-order chi connectivity index (χ1) is 16.1. The molecule has 1 heterocycles. The summed E-state index contributed by atoms with van der Waals surface area (Å²) in [4.78, 5) is 2.06. The number of fused-ring (bicyclic) bond motifs is 2. The molecule has 2 aromatic rings. The summed E-state index contributed by atoms with van der Waals surface area (Å²) in [5.41, 5.74) is 6.14. The highest BCUT2D eigenvalue weighted by atomic mass is 35.5. The lowest BCUT2D eigenvalue weighted by molar-refractivity contribution is -0.462. The van der Waals surface area contributed by atoms with Crippen LogP contribution in [0.1, 0.15) is 11.1 Å². The number of halogens is 2. The van der Waals surface area contributed by atoms with Crippen LogP contribution in [0.2, 0.25) is 18.1 Å². The molecule has 0 bridgehead atoms. The van der Waals surface area contributed by atoms with Crippen LogP contribution in [0.25, 0.3) is 5.57 Å². The largest absolute Gasteiger partial charge is 0.496 e. The fraction of sp³-hybridized carbons (Fsp3) is 0.296. The Morgan fingerprint density at radius 3 is 2.06 bits per heavy atom. The van der Waals surface area contributed by atoms with E-state index in [0.717, 1.165) is 55.2 Å². The number of benzene rings is 2. The molecule has 0 fully saturated rings. The Morgan fingerprint density at radius 2 is 1.53 bits per heavy atom. The third-order valence-corrected chi connectivity index (χ3v) is 11.3. The summed E-state index contributed by atoms with van der Waals surface area (Å²) in [5.74, 6) is 1.49. The molecular weight excluding hydrogens is 483 g/mol. The molecule has 0 atom stereocenters. The van der Waals surface area contributed by atoms with Gasteiger partial charge in [-0.25, -0.2) is 4.58 Å². The van der Waals surface area contributed by atoms with Crippen molar-refractivity contribution in [3.63, 3.8) is 0 Å². The molecule has 0 amide bonds. The lowest BCUT2D eigenvalue weighted by Gasteiger charge is -2.39. The van der Waals surface area contributed by atoms with Crippen LogP contribution >= 0.6 is 23.2 Å². The van der Waals surface area contributed by atoms with Gasteiger partial charge in [-0.05, 0) is 45.8 Å². The predicted molar refractivity (Wildman–Crippen MR) is 148 cm³/mol. The van der Waals surface area contributed by atoms with E-state index in [-0.39, 0.29) is 0 Å². The van der Waals surface area contributed by atoms with E-state index in [1.807, 2.05) is 46.4 Å². The van der Waals surface area contributed by atoms with Gasteiger partial charge in [0.2, 0.25) is 5.71 Å². The first-order valence-corrected chi connectivity index (χ1v) is 14.9. The summed E-state index contributed by atoms with van der Waals surface area (Å²) >= 11 is 14.4. The summed E-state index contributed by atoms with van der Waals surface area (Å²) in [6.45, 7) is 4.66. The Kier molecular flexibility index (Phi) is 6.49. The average molecular weight is 515 g/mol. The van der Waals surface area contributed by atoms with Crippen molar-refractivity contribution in [2.45, 2.75) is 13.1 Å². The third-order valence-electron chi connectivity index (χ3n) is 6.67. The lowest BCUT2D eigenvalue weighted by atomic mass is 9.88. The summed E-state index contributed by atoms with van der Waals surface area (Å²) in [7, 11) is 9.12. The van der Waals surface area contributed by atoms with Crippen LogP contribution in [-0.2, 0) is 0 Å². The van der Waals surface area contributed by atoms with E-state index in [1.54, 1.807) is 14.2 Å². The number of methoxy groups -OCH3 is 2. The third kappa shape index (κ3) is 3.62. The lowest BCUT2D eigenvalue weighted by Crippen LogP contribution is -2.51. The number of rotatable bonds is 4. The van der Waals surface area contributed by atoms with Crippen LogP contribution in [0.5, 0.6) is 11.5 Å². The normalized spacial score (nSPS) is 16.4. The Labute approximate surface area is 213 Å². The molecule has 1 aliphatic heterocycles. The molecule has 0 N–H and O–H groups in total. The molecule has 4 nitrogen and oxygen atoms in total. The molecule has 0 unspecified atom stereocenters. The average Bonchev–Trinajstić information content (AvgIpc) is 2.78. The van der Waals surface area contributed by atoms with Crippen molar-refractivity contribution in [2.75, 3.05) is 47.3 Å². The van der Waals surface area contributed by atoms with Crippen molar-refractivity contribution < 1.29 is 14.0 Å². The van der Waals surface area contributed by atoms with E-state index < -0.39 is 8.07 Å². The molecule has 4 rings (SSSR count). The van der Waals surface area contributed by atoms with Gasteiger partial charge in [0.1, 0.15) is 38.7 Å². The first-order valence-electron chi connectivity index (χ1n) is 11.2. The SMILES string of the molecule is COc1cccc(OC)c1C1=C2C=CC(=[N+](C)C)C(Cl)=C2[Si](C)(C)c2c1ccc(N(C)C)c2Cl.